The van der Waals surface area contributed by atoms with Gasteiger partial charge in [0.15, 0.2) is 10.5 Å². The quantitative estimate of drug-likeness (QED) is 0.698. The van der Waals surface area contributed by atoms with Crippen molar-refractivity contribution < 1.29 is 4.42 Å². The van der Waals surface area contributed by atoms with E-state index in [4.69, 9.17) is 15.1 Å². The molecule has 1 aliphatic heterocycles. The van der Waals surface area contributed by atoms with Gasteiger partial charge in [0.2, 0.25) is 0 Å². The van der Waals surface area contributed by atoms with Gasteiger partial charge in [0.05, 0.1) is 12.2 Å². The van der Waals surface area contributed by atoms with Crippen LogP contribution in [0, 0.1) is 0 Å². The topological polar surface area (TPSA) is 68.2 Å². The Morgan fingerprint density at radius 2 is 2.00 bits per heavy atom. The van der Waals surface area contributed by atoms with Gasteiger partial charge in [0, 0.05) is 42.5 Å². The van der Waals surface area contributed by atoms with Crippen LogP contribution in [0.1, 0.15) is 17.0 Å². The minimum Gasteiger partial charge on any atom is -0.453 e. The van der Waals surface area contributed by atoms with Gasteiger partial charge in [-0.05, 0) is 52.3 Å². The Hall–Kier alpha value is -2.18. The summed E-state index contributed by atoms with van der Waals surface area (Å²) in [6, 6.07) is 11.6. The first-order valence-electron chi connectivity index (χ1n) is 7.84. The van der Waals surface area contributed by atoms with Gasteiger partial charge in [0.25, 0.3) is 0 Å². The van der Waals surface area contributed by atoms with E-state index >= 15 is 0 Å². The third-order valence-corrected chi connectivity index (χ3v) is 4.62. The van der Waals surface area contributed by atoms with Crippen molar-refractivity contribution in [3.8, 4) is 11.4 Å². The van der Waals surface area contributed by atoms with Gasteiger partial charge >= 0.3 is 0 Å². The molecule has 0 saturated carbocycles. The van der Waals surface area contributed by atoms with E-state index in [0.29, 0.717) is 0 Å². The molecule has 3 aromatic rings. The molecule has 122 valence electrons. The first-order valence-corrected chi connectivity index (χ1v) is 8.64. The molecule has 4 rings (SSSR count). The van der Waals surface area contributed by atoms with Crippen molar-refractivity contribution in [2.24, 2.45) is 0 Å². The Morgan fingerprint density at radius 1 is 1.17 bits per heavy atom. The standard InChI is InChI=1S/C18H17BrN4O/c19-17-6-5-15(24-17)11-23-8-7-16-13(10-23)9-21-18(22-16)12-1-3-14(20)4-2-12/h1-6,9H,7-8,10-11,20H2. The highest BCUT2D eigenvalue weighted by Crippen LogP contribution is 2.23. The third kappa shape index (κ3) is 3.20. The molecule has 0 spiro atoms. The lowest BCUT2D eigenvalue weighted by Crippen LogP contribution is -2.30. The minimum absolute atomic E-state index is 0.747. The van der Waals surface area contributed by atoms with Crippen LogP contribution in [0.5, 0.6) is 0 Å². The summed E-state index contributed by atoms with van der Waals surface area (Å²) in [4.78, 5) is 11.6. The van der Waals surface area contributed by atoms with Crippen molar-refractivity contribution in [3.63, 3.8) is 0 Å². The molecule has 6 heteroatoms. The second kappa shape index (κ2) is 6.37. The number of nitrogens with two attached hydrogens (primary N) is 1. The summed E-state index contributed by atoms with van der Waals surface area (Å²) in [7, 11) is 0. The zero-order valence-corrected chi connectivity index (χ0v) is 14.7. The first-order chi connectivity index (χ1) is 11.7. The number of hydrogen-bond acceptors (Lipinski definition) is 5. The summed E-state index contributed by atoms with van der Waals surface area (Å²) in [6.07, 6.45) is 2.86. The van der Waals surface area contributed by atoms with Crippen molar-refractivity contribution >= 4 is 21.6 Å². The number of furan rings is 1. The van der Waals surface area contributed by atoms with Gasteiger partial charge in [-0.1, -0.05) is 0 Å². The first kappa shape index (κ1) is 15.4. The highest BCUT2D eigenvalue weighted by Gasteiger charge is 2.19. The number of anilines is 1. The Labute approximate surface area is 148 Å². The van der Waals surface area contributed by atoms with Crippen LogP contribution in [0.2, 0.25) is 0 Å². The van der Waals surface area contributed by atoms with Crippen LogP contribution in [0.15, 0.2) is 51.7 Å². The molecule has 0 radical (unpaired) electrons. The minimum atomic E-state index is 0.747. The molecule has 5 nitrogen and oxygen atoms in total. The highest BCUT2D eigenvalue weighted by atomic mass is 79.9. The molecule has 24 heavy (non-hydrogen) atoms. The van der Waals surface area contributed by atoms with Gasteiger partial charge in [-0.2, -0.15) is 0 Å². The lowest BCUT2D eigenvalue weighted by molar-refractivity contribution is 0.222. The fourth-order valence-electron chi connectivity index (χ4n) is 2.94. The maximum absolute atomic E-state index is 5.74. The van der Waals surface area contributed by atoms with E-state index in [2.05, 4.69) is 25.8 Å². The molecular weight excluding hydrogens is 368 g/mol. The van der Waals surface area contributed by atoms with E-state index in [1.165, 1.54) is 5.56 Å². The second-order valence-electron chi connectivity index (χ2n) is 5.95. The van der Waals surface area contributed by atoms with Gasteiger partial charge in [-0.15, -0.1) is 0 Å². The van der Waals surface area contributed by atoms with E-state index < -0.39 is 0 Å². The van der Waals surface area contributed by atoms with E-state index in [1.54, 1.807) is 0 Å². The number of nitrogen functional groups attached to an aromatic ring is 1. The van der Waals surface area contributed by atoms with Crippen LogP contribution >= 0.6 is 15.9 Å². The molecule has 0 saturated heterocycles. The van der Waals surface area contributed by atoms with E-state index in [1.807, 2.05) is 42.6 Å². The Kier molecular flexibility index (Phi) is 4.08. The largest absolute Gasteiger partial charge is 0.453 e. The Morgan fingerprint density at radius 3 is 2.75 bits per heavy atom. The van der Waals surface area contributed by atoms with Crippen molar-refractivity contribution in [1.82, 2.24) is 14.9 Å². The van der Waals surface area contributed by atoms with Crippen LogP contribution in [-0.4, -0.2) is 21.4 Å². The van der Waals surface area contributed by atoms with Gasteiger partial charge in [-0.25, -0.2) is 9.97 Å². The van der Waals surface area contributed by atoms with Crippen LogP contribution < -0.4 is 5.73 Å². The predicted octanol–water partition coefficient (Wildman–Crippen LogP) is 3.64. The number of nitrogens with zero attached hydrogens (tertiary/aromatic N) is 3. The van der Waals surface area contributed by atoms with Crippen molar-refractivity contribution in [2.45, 2.75) is 19.5 Å². The monoisotopic (exact) mass is 384 g/mol. The molecule has 2 aromatic heterocycles. The van der Waals surface area contributed by atoms with Gasteiger partial charge in [0.1, 0.15) is 5.76 Å². The average Bonchev–Trinajstić information content (AvgIpc) is 3.00. The predicted molar refractivity (Wildman–Crippen MR) is 96.1 cm³/mol. The van der Waals surface area contributed by atoms with Gasteiger partial charge in [-0.3, -0.25) is 4.90 Å². The molecule has 1 aliphatic rings. The fourth-order valence-corrected chi connectivity index (χ4v) is 3.28. The van der Waals surface area contributed by atoms with Gasteiger partial charge < -0.3 is 10.2 Å². The third-order valence-electron chi connectivity index (χ3n) is 4.19. The lowest BCUT2D eigenvalue weighted by Gasteiger charge is -2.27. The van der Waals surface area contributed by atoms with Crippen LogP contribution in [0.3, 0.4) is 0 Å². The van der Waals surface area contributed by atoms with Crippen molar-refractivity contribution in [2.75, 3.05) is 12.3 Å². The van der Waals surface area contributed by atoms with Crippen LogP contribution in [0.25, 0.3) is 11.4 Å². The maximum Gasteiger partial charge on any atom is 0.169 e. The molecule has 2 N–H and O–H groups in total. The molecule has 0 atom stereocenters. The van der Waals surface area contributed by atoms with Crippen molar-refractivity contribution in [1.29, 1.82) is 0 Å². The summed E-state index contributed by atoms with van der Waals surface area (Å²) >= 11 is 3.34. The molecule has 0 unspecified atom stereocenters. The zero-order valence-electron chi connectivity index (χ0n) is 13.1. The highest BCUT2D eigenvalue weighted by molar-refractivity contribution is 9.10. The second-order valence-corrected chi connectivity index (χ2v) is 6.74. The number of benzene rings is 1. The Balaban J connectivity index is 1.52. The number of halogens is 1. The lowest BCUT2D eigenvalue weighted by atomic mass is 10.1. The molecule has 0 bridgehead atoms. The summed E-state index contributed by atoms with van der Waals surface area (Å²) < 4.78 is 6.36. The SMILES string of the molecule is Nc1ccc(-c2ncc3c(n2)CCN(Cc2ccc(Br)o2)C3)cc1. The number of fused-ring (bicyclic) bond motifs is 1. The van der Waals surface area contributed by atoms with Crippen molar-refractivity contribution in [3.05, 3.63) is 64.3 Å². The maximum atomic E-state index is 5.74. The molecule has 0 amide bonds. The summed E-state index contributed by atoms with van der Waals surface area (Å²) in [5.41, 5.74) is 9.80. The van der Waals surface area contributed by atoms with E-state index in [9.17, 15) is 0 Å². The molecule has 1 aromatic carbocycles. The molecule has 0 fully saturated rings. The van der Waals surface area contributed by atoms with E-state index in [-0.39, 0.29) is 0 Å². The average molecular weight is 385 g/mol. The summed E-state index contributed by atoms with van der Waals surface area (Å²) in [6.45, 7) is 2.60. The fraction of sp³-hybridized carbons (Fsp3) is 0.222. The van der Waals surface area contributed by atoms with Crippen LogP contribution in [0.4, 0.5) is 5.69 Å². The zero-order chi connectivity index (χ0) is 16.5. The van der Waals surface area contributed by atoms with E-state index in [0.717, 1.165) is 59.3 Å². The molecule has 3 heterocycles. The number of aromatic nitrogens is 2. The molecular formula is C18H17BrN4O. The normalized spacial score (nSPS) is 14.5. The number of hydrogen-bond donors (Lipinski definition) is 1. The smallest absolute Gasteiger partial charge is 0.169 e. The summed E-state index contributed by atoms with van der Waals surface area (Å²) in [5.74, 6) is 1.72. The van der Waals surface area contributed by atoms with Crippen LogP contribution in [-0.2, 0) is 19.5 Å². The summed E-state index contributed by atoms with van der Waals surface area (Å²) in [5, 5.41) is 0. The Bertz CT molecular complexity index is 860. The number of rotatable bonds is 3. The molecule has 0 aliphatic carbocycles.